The van der Waals surface area contributed by atoms with Gasteiger partial charge in [-0.3, -0.25) is 14.4 Å². The van der Waals surface area contributed by atoms with Gasteiger partial charge in [0, 0.05) is 25.6 Å². The molecule has 20 heavy (non-hydrogen) atoms. The van der Waals surface area contributed by atoms with Gasteiger partial charge in [-0.2, -0.15) is 0 Å². The number of hydrogen-bond acceptors (Lipinski definition) is 4. The lowest BCUT2D eigenvalue weighted by molar-refractivity contribution is -0.139. The Labute approximate surface area is 122 Å². The van der Waals surface area contributed by atoms with Gasteiger partial charge in [-0.05, 0) is 6.42 Å². The molecular weight excluding hydrogens is 258 g/mol. The van der Waals surface area contributed by atoms with Crippen LogP contribution in [0, 0.1) is 0 Å². The molecule has 0 spiro atoms. The summed E-state index contributed by atoms with van der Waals surface area (Å²) in [6, 6.07) is 0.349. The number of unbranched alkanes of at least 4 members (excludes halogenated alkanes) is 3. The van der Waals surface area contributed by atoms with E-state index >= 15 is 0 Å². The molecule has 0 fully saturated rings. The van der Waals surface area contributed by atoms with E-state index in [1.807, 2.05) is 13.8 Å². The van der Waals surface area contributed by atoms with Crippen LogP contribution in [0.5, 0.6) is 0 Å². The smallest absolute Gasteiger partial charge is 0.248 e. The first-order chi connectivity index (χ1) is 9.56. The lowest BCUT2D eigenvalue weighted by atomic mass is 10.2. The van der Waals surface area contributed by atoms with E-state index in [9.17, 15) is 9.59 Å². The third-order valence-corrected chi connectivity index (χ3v) is 2.65. The van der Waals surface area contributed by atoms with Crippen molar-refractivity contribution < 1.29 is 14.4 Å². The van der Waals surface area contributed by atoms with Gasteiger partial charge in [-0.1, -0.05) is 40.0 Å². The molecule has 0 heterocycles. The van der Waals surface area contributed by atoms with E-state index in [0.717, 1.165) is 12.8 Å². The molecule has 6 heteroatoms. The summed E-state index contributed by atoms with van der Waals surface area (Å²) >= 11 is 0. The Morgan fingerprint density at radius 1 is 1.05 bits per heavy atom. The van der Waals surface area contributed by atoms with Crippen LogP contribution in [0.15, 0.2) is 0 Å². The predicted octanol–water partition coefficient (Wildman–Crippen LogP) is 1.12. The second-order valence-electron chi connectivity index (χ2n) is 5.08. The summed E-state index contributed by atoms with van der Waals surface area (Å²) < 4.78 is 0. The van der Waals surface area contributed by atoms with Crippen molar-refractivity contribution in [1.82, 2.24) is 16.1 Å². The highest BCUT2D eigenvalue weighted by Crippen LogP contribution is 1.96. The van der Waals surface area contributed by atoms with Crippen molar-refractivity contribution in [3.63, 3.8) is 0 Å². The highest BCUT2D eigenvalue weighted by molar-refractivity contribution is 5.78. The van der Waals surface area contributed by atoms with Gasteiger partial charge in [0.15, 0.2) is 6.61 Å². The molecular formula is C14H29N3O3. The first-order valence-electron chi connectivity index (χ1n) is 7.47. The summed E-state index contributed by atoms with van der Waals surface area (Å²) in [6.45, 7) is 7.28. The van der Waals surface area contributed by atoms with E-state index in [4.69, 9.17) is 4.84 Å². The van der Waals surface area contributed by atoms with Crippen LogP contribution >= 0.6 is 0 Å². The first-order valence-corrected chi connectivity index (χ1v) is 7.47. The number of hydroxylamine groups is 1. The maximum atomic E-state index is 11.4. The molecule has 0 aliphatic rings. The summed E-state index contributed by atoms with van der Waals surface area (Å²) in [4.78, 5) is 27.5. The van der Waals surface area contributed by atoms with Crippen LogP contribution in [0.1, 0.15) is 52.9 Å². The number of carbonyl (C=O) groups is 2. The van der Waals surface area contributed by atoms with E-state index in [1.165, 1.54) is 12.8 Å². The van der Waals surface area contributed by atoms with E-state index < -0.39 is 0 Å². The van der Waals surface area contributed by atoms with Crippen LogP contribution in [0.25, 0.3) is 0 Å². The number of nitrogens with one attached hydrogen (secondary N) is 3. The fourth-order valence-electron chi connectivity index (χ4n) is 1.54. The molecule has 0 aliphatic carbocycles. The van der Waals surface area contributed by atoms with Gasteiger partial charge in [-0.25, -0.2) is 5.48 Å². The van der Waals surface area contributed by atoms with Gasteiger partial charge in [0.25, 0.3) is 0 Å². The van der Waals surface area contributed by atoms with Gasteiger partial charge in [0.2, 0.25) is 11.8 Å². The van der Waals surface area contributed by atoms with E-state index in [-0.39, 0.29) is 18.4 Å². The fourth-order valence-corrected chi connectivity index (χ4v) is 1.54. The number of rotatable bonds is 12. The SMILES string of the molecule is CCCCCCNC(=O)CONC(=O)CCNC(C)C. The third-order valence-electron chi connectivity index (χ3n) is 2.65. The van der Waals surface area contributed by atoms with Crippen molar-refractivity contribution in [2.24, 2.45) is 0 Å². The molecule has 0 aromatic rings. The summed E-state index contributed by atoms with van der Waals surface area (Å²) in [5.74, 6) is -0.434. The zero-order valence-electron chi connectivity index (χ0n) is 13.0. The Hall–Kier alpha value is -1.14. The average molecular weight is 287 g/mol. The Morgan fingerprint density at radius 3 is 2.45 bits per heavy atom. The highest BCUT2D eigenvalue weighted by Gasteiger charge is 2.04. The molecule has 0 rings (SSSR count). The average Bonchev–Trinajstić information content (AvgIpc) is 2.38. The van der Waals surface area contributed by atoms with E-state index in [1.54, 1.807) is 0 Å². The lowest BCUT2D eigenvalue weighted by Gasteiger charge is -2.09. The number of hydrogen-bond donors (Lipinski definition) is 3. The molecule has 0 saturated carbocycles. The monoisotopic (exact) mass is 287 g/mol. The fraction of sp³-hybridized carbons (Fsp3) is 0.857. The van der Waals surface area contributed by atoms with Crippen molar-refractivity contribution >= 4 is 11.8 Å². The molecule has 0 bridgehead atoms. The topological polar surface area (TPSA) is 79.5 Å². The maximum absolute atomic E-state index is 11.4. The molecule has 0 unspecified atom stereocenters. The molecule has 0 aliphatic heterocycles. The number of amides is 2. The van der Waals surface area contributed by atoms with Crippen molar-refractivity contribution in [3.8, 4) is 0 Å². The van der Waals surface area contributed by atoms with Gasteiger partial charge in [0.1, 0.15) is 0 Å². The second kappa shape index (κ2) is 12.9. The van der Waals surface area contributed by atoms with Crippen molar-refractivity contribution in [2.45, 2.75) is 58.9 Å². The summed E-state index contributed by atoms with van der Waals surface area (Å²) in [7, 11) is 0. The Bertz CT molecular complexity index is 270. The summed E-state index contributed by atoms with van der Waals surface area (Å²) in [5, 5.41) is 5.87. The van der Waals surface area contributed by atoms with Crippen LogP contribution in [0.2, 0.25) is 0 Å². The zero-order valence-corrected chi connectivity index (χ0v) is 13.0. The summed E-state index contributed by atoms with van der Waals surface area (Å²) in [6.07, 6.45) is 4.79. The molecule has 0 aromatic heterocycles. The molecule has 0 aromatic carbocycles. The Balaban J connectivity index is 3.39. The Kier molecular flexibility index (Phi) is 12.1. The van der Waals surface area contributed by atoms with Crippen LogP contribution < -0.4 is 16.1 Å². The molecule has 118 valence electrons. The van der Waals surface area contributed by atoms with Gasteiger partial charge < -0.3 is 10.6 Å². The highest BCUT2D eigenvalue weighted by atomic mass is 16.7. The molecule has 2 amide bonds. The molecule has 0 radical (unpaired) electrons. The van der Waals surface area contributed by atoms with Gasteiger partial charge >= 0.3 is 0 Å². The molecule has 3 N–H and O–H groups in total. The minimum absolute atomic E-state index is 0.142. The Morgan fingerprint density at radius 2 is 1.80 bits per heavy atom. The zero-order chi connectivity index (χ0) is 15.2. The third kappa shape index (κ3) is 13.3. The van der Waals surface area contributed by atoms with Crippen LogP contribution in [-0.4, -0.2) is 37.6 Å². The van der Waals surface area contributed by atoms with Crippen LogP contribution in [0.4, 0.5) is 0 Å². The molecule has 0 saturated heterocycles. The minimum atomic E-state index is -0.228. The van der Waals surface area contributed by atoms with Crippen LogP contribution in [0.3, 0.4) is 0 Å². The van der Waals surface area contributed by atoms with Crippen molar-refractivity contribution in [1.29, 1.82) is 0 Å². The quantitative estimate of drug-likeness (QED) is 0.371. The van der Waals surface area contributed by atoms with E-state index in [2.05, 4.69) is 23.0 Å². The van der Waals surface area contributed by atoms with Crippen LogP contribution in [-0.2, 0) is 14.4 Å². The van der Waals surface area contributed by atoms with Gasteiger partial charge in [-0.15, -0.1) is 0 Å². The normalized spacial score (nSPS) is 10.6. The lowest BCUT2D eigenvalue weighted by Crippen LogP contribution is -2.35. The second-order valence-corrected chi connectivity index (χ2v) is 5.08. The first kappa shape index (κ1) is 18.9. The maximum Gasteiger partial charge on any atom is 0.248 e. The summed E-state index contributed by atoms with van der Waals surface area (Å²) in [5.41, 5.74) is 2.26. The molecule has 0 atom stereocenters. The van der Waals surface area contributed by atoms with E-state index in [0.29, 0.717) is 25.6 Å². The standard InChI is InChI=1S/C14H29N3O3/c1-4-5-6-7-9-16-14(19)11-20-17-13(18)8-10-15-12(2)3/h12,15H,4-11H2,1-3H3,(H,16,19)(H,17,18). The largest absolute Gasteiger partial charge is 0.354 e. The van der Waals surface area contributed by atoms with Gasteiger partial charge in [0.05, 0.1) is 0 Å². The number of carbonyl (C=O) groups excluding carboxylic acids is 2. The van der Waals surface area contributed by atoms with Crippen molar-refractivity contribution in [3.05, 3.63) is 0 Å². The minimum Gasteiger partial charge on any atom is -0.354 e. The predicted molar refractivity (Wildman–Crippen MR) is 79.0 cm³/mol. The molecule has 6 nitrogen and oxygen atoms in total. The van der Waals surface area contributed by atoms with Crippen molar-refractivity contribution in [2.75, 3.05) is 19.7 Å².